The summed E-state index contributed by atoms with van der Waals surface area (Å²) < 4.78 is 26.7. The monoisotopic (exact) mass is 295 g/mol. The van der Waals surface area contributed by atoms with Crippen LogP contribution in [-0.4, -0.2) is 36.4 Å². The van der Waals surface area contributed by atoms with Gasteiger partial charge < -0.3 is 5.11 Å². The first-order chi connectivity index (χ1) is 9.39. The average Bonchev–Trinajstić information content (AvgIpc) is 2.99. The van der Waals surface area contributed by atoms with E-state index in [1.807, 2.05) is 6.92 Å². The van der Waals surface area contributed by atoms with Gasteiger partial charge in [-0.1, -0.05) is 17.7 Å². The molecule has 0 spiro atoms. The van der Waals surface area contributed by atoms with Crippen molar-refractivity contribution in [2.45, 2.75) is 30.7 Å². The molecular weight excluding hydrogens is 278 g/mol. The highest BCUT2D eigenvalue weighted by molar-refractivity contribution is 7.89. The molecule has 5 nitrogen and oxygen atoms in total. The molecule has 6 heteroatoms. The van der Waals surface area contributed by atoms with Gasteiger partial charge in [-0.2, -0.15) is 4.31 Å². The Morgan fingerprint density at radius 2 is 1.90 bits per heavy atom. The van der Waals surface area contributed by atoms with Crippen LogP contribution < -0.4 is 0 Å². The maximum atomic E-state index is 12.6. The number of carboxylic acids is 1. The lowest BCUT2D eigenvalue weighted by Gasteiger charge is -2.29. The Bertz CT molecular complexity index is 638. The Kier molecular flexibility index (Phi) is 3.10. The van der Waals surface area contributed by atoms with E-state index < -0.39 is 16.0 Å². The molecule has 20 heavy (non-hydrogen) atoms. The van der Waals surface area contributed by atoms with E-state index in [1.165, 1.54) is 4.31 Å². The van der Waals surface area contributed by atoms with Crippen molar-refractivity contribution in [2.24, 2.45) is 11.8 Å². The molecule has 2 unspecified atom stereocenters. The summed E-state index contributed by atoms with van der Waals surface area (Å²) in [4.78, 5) is 11.4. The van der Waals surface area contributed by atoms with E-state index in [-0.39, 0.29) is 17.9 Å². The van der Waals surface area contributed by atoms with Crippen LogP contribution in [0.2, 0.25) is 0 Å². The van der Waals surface area contributed by atoms with Gasteiger partial charge >= 0.3 is 5.97 Å². The molecule has 1 aromatic rings. The van der Waals surface area contributed by atoms with Crippen LogP contribution in [-0.2, 0) is 14.8 Å². The van der Waals surface area contributed by atoms with Crippen LogP contribution in [0.4, 0.5) is 0 Å². The number of carboxylic acid groups (broad SMARTS) is 1. The number of fused-ring (bicyclic) bond motifs is 2. The van der Waals surface area contributed by atoms with Crippen LogP contribution in [0, 0.1) is 18.8 Å². The Labute approximate surface area is 118 Å². The summed E-state index contributed by atoms with van der Waals surface area (Å²) in [6.07, 6.45) is 1.10. The summed E-state index contributed by atoms with van der Waals surface area (Å²) in [5.74, 6) is -1.23. The third-order valence-electron chi connectivity index (χ3n) is 4.44. The minimum Gasteiger partial charge on any atom is -0.481 e. The van der Waals surface area contributed by atoms with Crippen molar-refractivity contribution < 1.29 is 18.3 Å². The van der Waals surface area contributed by atoms with E-state index in [1.54, 1.807) is 24.3 Å². The van der Waals surface area contributed by atoms with Gasteiger partial charge in [0.15, 0.2) is 0 Å². The predicted molar refractivity (Wildman–Crippen MR) is 72.7 cm³/mol. The molecule has 0 amide bonds. The van der Waals surface area contributed by atoms with E-state index in [0.29, 0.717) is 24.3 Å². The maximum absolute atomic E-state index is 12.6. The Balaban J connectivity index is 1.85. The van der Waals surface area contributed by atoms with Crippen molar-refractivity contribution in [3.8, 4) is 0 Å². The summed E-state index contributed by atoms with van der Waals surface area (Å²) in [7, 11) is -3.50. The van der Waals surface area contributed by atoms with Gasteiger partial charge in [0.05, 0.1) is 10.8 Å². The first-order valence-electron chi connectivity index (χ1n) is 6.71. The topological polar surface area (TPSA) is 74.7 Å². The lowest BCUT2D eigenvalue weighted by Crippen LogP contribution is -2.41. The molecule has 1 N–H and O–H groups in total. The molecule has 0 radical (unpaired) electrons. The fourth-order valence-corrected chi connectivity index (χ4v) is 5.06. The third-order valence-corrected chi connectivity index (χ3v) is 6.37. The summed E-state index contributed by atoms with van der Waals surface area (Å²) in [5.41, 5.74) is 1.01. The Morgan fingerprint density at radius 3 is 2.40 bits per heavy atom. The zero-order valence-electron chi connectivity index (χ0n) is 11.2. The van der Waals surface area contributed by atoms with Crippen molar-refractivity contribution in [1.82, 2.24) is 4.31 Å². The first-order valence-corrected chi connectivity index (χ1v) is 8.15. The second kappa shape index (κ2) is 4.56. The highest BCUT2D eigenvalue weighted by atomic mass is 32.2. The van der Waals surface area contributed by atoms with Crippen molar-refractivity contribution in [3.05, 3.63) is 29.8 Å². The number of hydrogen-bond donors (Lipinski definition) is 1. The fraction of sp³-hybridized carbons (Fsp3) is 0.500. The molecular formula is C14H17NO4S. The van der Waals surface area contributed by atoms with Gasteiger partial charge in [0.1, 0.15) is 0 Å². The second-order valence-corrected chi connectivity index (χ2v) is 7.61. The third kappa shape index (κ3) is 2.03. The van der Waals surface area contributed by atoms with Gasteiger partial charge in [0.25, 0.3) is 0 Å². The molecule has 1 saturated carbocycles. The first kappa shape index (κ1) is 13.6. The smallest absolute Gasteiger partial charge is 0.306 e. The lowest BCUT2D eigenvalue weighted by atomic mass is 9.96. The van der Waals surface area contributed by atoms with Crippen LogP contribution in [0.1, 0.15) is 18.4 Å². The van der Waals surface area contributed by atoms with Gasteiger partial charge in [0.2, 0.25) is 10.0 Å². The van der Waals surface area contributed by atoms with E-state index >= 15 is 0 Å². The summed E-state index contributed by atoms with van der Waals surface area (Å²) in [6, 6.07) is 6.63. The maximum Gasteiger partial charge on any atom is 0.306 e. The molecule has 3 atom stereocenters. The van der Waals surface area contributed by atoms with E-state index in [2.05, 4.69) is 0 Å². The van der Waals surface area contributed by atoms with Crippen LogP contribution >= 0.6 is 0 Å². The standard InChI is InChI=1S/C14H17NO4S/c1-9-2-4-12(5-3-9)20(18,19)15-8-10-6-11(15)7-13(10)14(16)17/h2-5,10-11,13H,6-8H2,1H3,(H,16,17)/t10?,11?,13-/m0/s1. The molecule has 1 aromatic carbocycles. The molecule has 0 aromatic heterocycles. The number of hydrogen-bond acceptors (Lipinski definition) is 3. The molecule has 108 valence electrons. The lowest BCUT2D eigenvalue weighted by molar-refractivity contribution is -0.143. The second-order valence-electron chi connectivity index (χ2n) is 5.72. The van der Waals surface area contributed by atoms with Crippen molar-refractivity contribution in [1.29, 1.82) is 0 Å². The fourth-order valence-electron chi connectivity index (χ4n) is 3.36. The quantitative estimate of drug-likeness (QED) is 0.916. The minimum absolute atomic E-state index is 0.0438. The highest BCUT2D eigenvalue weighted by Crippen LogP contribution is 2.44. The number of benzene rings is 1. The summed E-state index contributed by atoms with van der Waals surface area (Å²) in [6.45, 7) is 2.24. The molecule has 1 saturated heterocycles. The van der Waals surface area contributed by atoms with Gasteiger partial charge in [-0.05, 0) is 37.8 Å². The molecule has 2 fully saturated rings. The van der Waals surface area contributed by atoms with Crippen LogP contribution in [0.5, 0.6) is 0 Å². The zero-order valence-corrected chi connectivity index (χ0v) is 12.0. The highest BCUT2D eigenvalue weighted by Gasteiger charge is 2.51. The number of aliphatic carboxylic acids is 1. The van der Waals surface area contributed by atoms with Gasteiger partial charge in [0, 0.05) is 12.6 Å². The number of carbonyl (C=O) groups is 1. The van der Waals surface area contributed by atoms with Crippen molar-refractivity contribution in [2.75, 3.05) is 6.54 Å². The normalized spacial score (nSPS) is 29.8. The summed E-state index contributed by atoms with van der Waals surface area (Å²) in [5, 5.41) is 9.10. The minimum atomic E-state index is -3.50. The van der Waals surface area contributed by atoms with E-state index in [4.69, 9.17) is 5.11 Å². The Morgan fingerprint density at radius 1 is 1.25 bits per heavy atom. The number of rotatable bonds is 3. The van der Waals surface area contributed by atoms with Crippen LogP contribution in [0.3, 0.4) is 0 Å². The Hall–Kier alpha value is -1.40. The number of aryl methyl sites for hydroxylation is 1. The molecule has 2 aliphatic rings. The molecule has 1 aliphatic carbocycles. The number of piperidine rings is 1. The predicted octanol–water partition coefficient (Wildman–Crippen LogP) is 1.48. The molecule has 3 rings (SSSR count). The van der Waals surface area contributed by atoms with E-state index in [0.717, 1.165) is 5.56 Å². The number of sulfonamides is 1. The summed E-state index contributed by atoms with van der Waals surface area (Å²) >= 11 is 0. The van der Waals surface area contributed by atoms with Crippen molar-refractivity contribution >= 4 is 16.0 Å². The SMILES string of the molecule is Cc1ccc(S(=O)(=O)N2CC3CC2C[C@@H]3C(=O)O)cc1. The average molecular weight is 295 g/mol. The largest absolute Gasteiger partial charge is 0.481 e. The van der Waals surface area contributed by atoms with Gasteiger partial charge in [-0.15, -0.1) is 0 Å². The number of nitrogens with zero attached hydrogens (tertiary/aromatic N) is 1. The van der Waals surface area contributed by atoms with Crippen LogP contribution in [0.25, 0.3) is 0 Å². The van der Waals surface area contributed by atoms with Gasteiger partial charge in [-0.3, -0.25) is 4.79 Å². The van der Waals surface area contributed by atoms with Crippen molar-refractivity contribution in [3.63, 3.8) is 0 Å². The molecule has 1 aliphatic heterocycles. The van der Waals surface area contributed by atoms with Gasteiger partial charge in [-0.25, -0.2) is 8.42 Å². The van der Waals surface area contributed by atoms with E-state index in [9.17, 15) is 13.2 Å². The molecule has 2 bridgehead atoms. The zero-order chi connectivity index (χ0) is 14.5. The van der Waals surface area contributed by atoms with Crippen LogP contribution in [0.15, 0.2) is 29.2 Å². The molecule has 1 heterocycles.